The third-order valence-electron chi connectivity index (χ3n) is 2.50. The van der Waals surface area contributed by atoms with E-state index in [0.29, 0.717) is 5.56 Å². The lowest BCUT2D eigenvalue weighted by atomic mass is 9.92. The molecule has 1 rings (SSSR count). The number of carbonyl (C=O) groups excluding carboxylic acids is 1. The Morgan fingerprint density at radius 1 is 1.53 bits per heavy atom. The van der Waals surface area contributed by atoms with Crippen LogP contribution in [0.1, 0.15) is 19.4 Å². The smallest absolute Gasteiger partial charge is 0.299 e. The van der Waals surface area contributed by atoms with Gasteiger partial charge in [-0.15, -0.1) is 0 Å². The fourth-order valence-corrected chi connectivity index (χ4v) is 1.43. The summed E-state index contributed by atoms with van der Waals surface area (Å²) < 4.78 is 1.28. The molecule has 0 aliphatic rings. The average Bonchev–Trinajstić information content (AvgIpc) is 2.24. The van der Waals surface area contributed by atoms with Crippen molar-refractivity contribution in [3.8, 4) is 0 Å². The summed E-state index contributed by atoms with van der Waals surface area (Å²) in [5, 5.41) is 0. The van der Waals surface area contributed by atoms with Crippen LogP contribution in [0.25, 0.3) is 0 Å². The summed E-state index contributed by atoms with van der Waals surface area (Å²) >= 11 is 0. The number of nitrogens with two attached hydrogens (primary N) is 1. The minimum atomic E-state index is -0.844. The Hall–Kier alpha value is -1.89. The zero-order valence-corrected chi connectivity index (χ0v) is 10.0. The maximum Gasteiger partial charge on any atom is 0.328 e. The highest BCUT2D eigenvalue weighted by molar-refractivity contribution is 5.81. The second-order valence-corrected chi connectivity index (χ2v) is 4.56. The Bertz CT molecular complexity index is 541. The number of carbonyl (C=O) groups is 1. The molecule has 4 N–H and O–H groups in total. The van der Waals surface area contributed by atoms with Gasteiger partial charge in [0.05, 0.1) is 5.41 Å². The molecule has 7 heteroatoms. The second kappa shape index (κ2) is 4.54. The molecule has 0 unspecified atom stereocenters. The van der Waals surface area contributed by atoms with Crippen molar-refractivity contribution >= 4 is 5.91 Å². The quantitative estimate of drug-likeness (QED) is 0.352. The Morgan fingerprint density at radius 2 is 2.12 bits per heavy atom. The van der Waals surface area contributed by atoms with E-state index >= 15 is 0 Å². The number of hydrogen-bond donors (Lipinski definition) is 3. The molecule has 0 bridgehead atoms. The number of H-pyrrole nitrogens is 1. The number of rotatable bonds is 3. The number of hydrazine groups is 1. The summed E-state index contributed by atoms with van der Waals surface area (Å²) in [4.78, 5) is 36.4. The average molecular weight is 240 g/mol. The van der Waals surface area contributed by atoms with Gasteiger partial charge in [-0.05, 0) is 20.8 Å². The molecule has 0 spiro atoms. The molecule has 0 saturated carbocycles. The molecular weight excluding hydrogens is 224 g/mol. The molecule has 1 amide bonds. The lowest BCUT2D eigenvalue weighted by Crippen LogP contribution is -2.45. The third-order valence-corrected chi connectivity index (χ3v) is 2.50. The topological polar surface area (TPSA) is 110 Å². The fraction of sp³-hybridized carbons (Fsp3) is 0.500. The van der Waals surface area contributed by atoms with Crippen LogP contribution in [0.3, 0.4) is 0 Å². The number of nitrogens with zero attached hydrogens (tertiary/aromatic N) is 1. The van der Waals surface area contributed by atoms with Gasteiger partial charge in [0.25, 0.3) is 5.56 Å². The minimum Gasteiger partial charge on any atom is -0.299 e. The number of aryl methyl sites for hydroxylation is 1. The van der Waals surface area contributed by atoms with Crippen molar-refractivity contribution in [2.45, 2.75) is 27.3 Å². The van der Waals surface area contributed by atoms with E-state index in [4.69, 9.17) is 5.84 Å². The van der Waals surface area contributed by atoms with Gasteiger partial charge < -0.3 is 0 Å². The number of amides is 1. The maximum atomic E-state index is 11.5. The molecule has 94 valence electrons. The molecule has 0 atom stereocenters. The van der Waals surface area contributed by atoms with E-state index in [1.54, 1.807) is 20.8 Å². The van der Waals surface area contributed by atoms with Crippen molar-refractivity contribution < 1.29 is 4.79 Å². The molecule has 0 radical (unpaired) electrons. The highest BCUT2D eigenvalue weighted by Gasteiger charge is 2.28. The van der Waals surface area contributed by atoms with Crippen molar-refractivity contribution in [3.05, 3.63) is 32.6 Å². The van der Waals surface area contributed by atoms with Crippen LogP contribution in [0.2, 0.25) is 0 Å². The SMILES string of the molecule is Cc1cn(CC(C)(C)C(=O)NN)c(=O)[nH]c1=O. The molecular formula is C10H16N4O3. The molecule has 17 heavy (non-hydrogen) atoms. The summed E-state index contributed by atoms with van der Waals surface area (Å²) in [6.07, 6.45) is 1.42. The van der Waals surface area contributed by atoms with Gasteiger partial charge in [-0.25, -0.2) is 10.6 Å². The van der Waals surface area contributed by atoms with Crippen LogP contribution >= 0.6 is 0 Å². The Balaban J connectivity index is 3.12. The van der Waals surface area contributed by atoms with E-state index < -0.39 is 16.7 Å². The van der Waals surface area contributed by atoms with Gasteiger partial charge in [0.15, 0.2) is 0 Å². The molecule has 1 aromatic heterocycles. The summed E-state index contributed by atoms with van der Waals surface area (Å²) in [5.74, 6) is 4.68. The van der Waals surface area contributed by atoms with Crippen LogP contribution in [0.5, 0.6) is 0 Å². The van der Waals surface area contributed by atoms with Gasteiger partial charge in [0.1, 0.15) is 0 Å². The normalized spacial score (nSPS) is 11.3. The van der Waals surface area contributed by atoms with Crippen molar-refractivity contribution in [2.75, 3.05) is 0 Å². The van der Waals surface area contributed by atoms with Crippen LogP contribution in [0, 0.1) is 12.3 Å². The Labute approximate surface area is 97.6 Å². The predicted octanol–water partition coefficient (Wildman–Crippen LogP) is -1.14. The van der Waals surface area contributed by atoms with Crippen molar-refractivity contribution in [3.63, 3.8) is 0 Å². The number of nitrogens with one attached hydrogen (secondary N) is 2. The van der Waals surface area contributed by atoms with Crippen LogP contribution in [0.4, 0.5) is 0 Å². The first kappa shape index (κ1) is 13.2. The molecule has 1 heterocycles. The first-order chi connectivity index (χ1) is 7.77. The van der Waals surface area contributed by atoms with E-state index in [1.165, 1.54) is 10.8 Å². The van der Waals surface area contributed by atoms with Crippen LogP contribution in [0.15, 0.2) is 15.8 Å². The summed E-state index contributed by atoms with van der Waals surface area (Å²) in [6, 6.07) is 0. The highest BCUT2D eigenvalue weighted by atomic mass is 16.2. The summed E-state index contributed by atoms with van der Waals surface area (Å²) in [6.45, 7) is 5.03. The Morgan fingerprint density at radius 3 is 2.65 bits per heavy atom. The van der Waals surface area contributed by atoms with Gasteiger partial charge in [-0.2, -0.15) is 0 Å². The molecule has 1 aromatic rings. The van der Waals surface area contributed by atoms with Crippen LogP contribution < -0.4 is 22.5 Å². The minimum absolute atomic E-state index is 0.131. The molecule has 0 aliphatic heterocycles. The lowest BCUT2D eigenvalue weighted by molar-refractivity contribution is -0.130. The van der Waals surface area contributed by atoms with Gasteiger partial charge in [-0.3, -0.25) is 24.6 Å². The van der Waals surface area contributed by atoms with E-state index in [2.05, 4.69) is 4.98 Å². The fourth-order valence-electron chi connectivity index (χ4n) is 1.43. The Kier molecular flexibility index (Phi) is 3.52. The molecule has 0 saturated heterocycles. The van der Waals surface area contributed by atoms with Gasteiger partial charge >= 0.3 is 5.69 Å². The van der Waals surface area contributed by atoms with Crippen molar-refractivity contribution in [1.82, 2.24) is 15.0 Å². The summed E-state index contributed by atoms with van der Waals surface area (Å²) in [5.41, 5.74) is 0.645. The molecule has 0 aromatic carbocycles. The van der Waals surface area contributed by atoms with E-state index in [1.807, 2.05) is 5.43 Å². The zero-order chi connectivity index (χ0) is 13.2. The van der Waals surface area contributed by atoms with Crippen LogP contribution in [-0.2, 0) is 11.3 Å². The van der Waals surface area contributed by atoms with Gasteiger partial charge in [-0.1, -0.05) is 0 Å². The molecule has 7 nitrogen and oxygen atoms in total. The maximum absolute atomic E-state index is 11.5. The van der Waals surface area contributed by atoms with E-state index in [0.717, 1.165) is 0 Å². The first-order valence-corrected chi connectivity index (χ1v) is 5.09. The van der Waals surface area contributed by atoms with Crippen molar-refractivity contribution in [2.24, 2.45) is 11.3 Å². The van der Waals surface area contributed by atoms with E-state index in [9.17, 15) is 14.4 Å². The second-order valence-electron chi connectivity index (χ2n) is 4.56. The standard InChI is InChI=1S/C10H16N4O3/c1-6-4-14(9(17)12-7(6)15)5-10(2,3)8(16)13-11/h4H,5,11H2,1-3H3,(H,13,16)(H,12,15,17). The number of aromatic amines is 1. The predicted molar refractivity (Wildman–Crippen MR) is 62.2 cm³/mol. The number of hydrogen-bond acceptors (Lipinski definition) is 4. The number of aromatic nitrogens is 2. The summed E-state index contributed by atoms with van der Waals surface area (Å²) in [7, 11) is 0. The third kappa shape index (κ3) is 2.82. The molecule has 0 fully saturated rings. The van der Waals surface area contributed by atoms with Crippen LogP contribution in [-0.4, -0.2) is 15.5 Å². The lowest BCUT2D eigenvalue weighted by Gasteiger charge is -2.23. The largest absolute Gasteiger partial charge is 0.328 e. The van der Waals surface area contributed by atoms with Crippen molar-refractivity contribution in [1.29, 1.82) is 0 Å². The van der Waals surface area contributed by atoms with Gasteiger partial charge in [0, 0.05) is 18.3 Å². The van der Waals surface area contributed by atoms with Gasteiger partial charge in [0.2, 0.25) is 5.91 Å². The molecule has 0 aliphatic carbocycles. The zero-order valence-electron chi connectivity index (χ0n) is 10.0. The van der Waals surface area contributed by atoms with E-state index in [-0.39, 0.29) is 12.5 Å². The first-order valence-electron chi connectivity index (χ1n) is 5.09. The highest BCUT2D eigenvalue weighted by Crippen LogP contribution is 2.16. The monoisotopic (exact) mass is 240 g/mol.